The summed E-state index contributed by atoms with van der Waals surface area (Å²) in [7, 11) is -2.14. The first-order chi connectivity index (χ1) is 11.0. The number of methoxy groups -OCH3 is 1. The molecule has 1 aromatic rings. The van der Waals surface area contributed by atoms with Crippen molar-refractivity contribution in [1.29, 1.82) is 0 Å². The molecule has 1 atom stereocenters. The Morgan fingerprint density at radius 3 is 2.88 bits per heavy atom. The van der Waals surface area contributed by atoms with E-state index in [1.165, 1.54) is 19.2 Å². The summed E-state index contributed by atoms with van der Waals surface area (Å²) in [6, 6.07) is 6.12. The highest BCUT2D eigenvalue weighted by atomic mass is 35.5. The number of rotatable bonds is 7. The van der Waals surface area contributed by atoms with Crippen molar-refractivity contribution in [2.75, 3.05) is 33.4 Å². The van der Waals surface area contributed by atoms with Gasteiger partial charge in [0.15, 0.2) is 0 Å². The van der Waals surface area contributed by atoms with Gasteiger partial charge in [-0.1, -0.05) is 6.07 Å². The van der Waals surface area contributed by atoms with Crippen molar-refractivity contribution >= 4 is 28.3 Å². The van der Waals surface area contributed by atoms with Crippen LogP contribution in [0.3, 0.4) is 0 Å². The zero-order chi connectivity index (χ0) is 16.7. The smallest absolute Gasteiger partial charge is 0.251 e. The van der Waals surface area contributed by atoms with Crippen LogP contribution in [0, 0.1) is 0 Å². The summed E-state index contributed by atoms with van der Waals surface area (Å²) in [5.74, 6) is -0.257. The predicted molar refractivity (Wildman–Crippen MR) is 94.1 cm³/mol. The third-order valence-electron chi connectivity index (χ3n) is 3.64. The number of nitrogens with one attached hydrogen (secondary N) is 3. The van der Waals surface area contributed by atoms with Crippen molar-refractivity contribution < 1.29 is 17.9 Å². The van der Waals surface area contributed by atoms with Gasteiger partial charge >= 0.3 is 0 Å². The molecule has 136 valence electrons. The highest BCUT2D eigenvalue weighted by molar-refractivity contribution is 7.89. The number of halogens is 1. The Hall–Kier alpha value is -1.19. The van der Waals surface area contributed by atoms with Gasteiger partial charge in [-0.3, -0.25) is 4.79 Å². The Kier molecular flexibility index (Phi) is 8.65. The van der Waals surface area contributed by atoms with Crippen molar-refractivity contribution in [3.63, 3.8) is 0 Å². The molecule has 1 heterocycles. The van der Waals surface area contributed by atoms with Gasteiger partial charge in [0.05, 0.1) is 11.5 Å². The van der Waals surface area contributed by atoms with Crippen molar-refractivity contribution in [3.05, 3.63) is 29.8 Å². The molecule has 1 amide bonds. The van der Waals surface area contributed by atoms with Crippen LogP contribution < -0.4 is 15.4 Å². The zero-order valence-corrected chi connectivity index (χ0v) is 15.2. The minimum Gasteiger partial charge on any atom is -0.383 e. The fraction of sp³-hybridized carbons (Fsp3) is 0.533. The molecule has 1 aliphatic heterocycles. The highest BCUT2D eigenvalue weighted by Gasteiger charge is 2.19. The molecule has 1 aromatic carbocycles. The minimum absolute atomic E-state index is 0. The quantitative estimate of drug-likeness (QED) is 0.602. The standard InChI is InChI=1S/C15H23N3O4S.ClH/c1-22-9-8-17-23(20,21)14-6-2-4-12(10-14)15(19)18-13-5-3-7-16-11-13;/h2,4,6,10,13,16-17H,3,5,7-9,11H2,1H3,(H,18,19);1H. The van der Waals surface area contributed by atoms with Gasteiger partial charge in [0.1, 0.15) is 0 Å². The van der Waals surface area contributed by atoms with Gasteiger partial charge in [0.25, 0.3) is 5.91 Å². The second-order valence-electron chi connectivity index (χ2n) is 5.44. The zero-order valence-electron chi connectivity index (χ0n) is 13.6. The normalized spacial score (nSPS) is 17.8. The Labute approximate surface area is 149 Å². The number of hydrogen-bond donors (Lipinski definition) is 3. The van der Waals surface area contributed by atoms with Crippen LogP contribution in [0.25, 0.3) is 0 Å². The third kappa shape index (κ3) is 6.03. The summed E-state index contributed by atoms with van der Waals surface area (Å²) in [5, 5.41) is 6.15. The van der Waals surface area contributed by atoms with E-state index in [1.807, 2.05) is 0 Å². The first kappa shape index (κ1) is 20.9. The molecule has 1 saturated heterocycles. The monoisotopic (exact) mass is 377 g/mol. The lowest BCUT2D eigenvalue weighted by molar-refractivity contribution is 0.0930. The molecule has 1 unspecified atom stereocenters. The van der Waals surface area contributed by atoms with E-state index in [1.54, 1.807) is 12.1 Å². The van der Waals surface area contributed by atoms with Gasteiger partial charge < -0.3 is 15.4 Å². The Balaban J connectivity index is 0.00000288. The van der Waals surface area contributed by atoms with Crippen LogP contribution in [0.15, 0.2) is 29.2 Å². The Bertz CT molecular complexity index is 633. The van der Waals surface area contributed by atoms with Crippen LogP contribution in [0.2, 0.25) is 0 Å². The summed E-state index contributed by atoms with van der Waals surface area (Å²) in [4.78, 5) is 12.4. The van der Waals surface area contributed by atoms with E-state index >= 15 is 0 Å². The number of carbonyl (C=O) groups excluding carboxylic acids is 1. The number of sulfonamides is 1. The number of piperidine rings is 1. The molecule has 0 aliphatic carbocycles. The lowest BCUT2D eigenvalue weighted by Gasteiger charge is -2.23. The van der Waals surface area contributed by atoms with Crippen LogP contribution in [0.4, 0.5) is 0 Å². The number of ether oxygens (including phenoxy) is 1. The molecule has 0 bridgehead atoms. The van der Waals surface area contributed by atoms with E-state index in [2.05, 4.69) is 15.4 Å². The van der Waals surface area contributed by atoms with Crippen LogP contribution in [0.5, 0.6) is 0 Å². The van der Waals surface area contributed by atoms with Crippen LogP contribution >= 0.6 is 12.4 Å². The van der Waals surface area contributed by atoms with Gasteiger partial charge in [-0.25, -0.2) is 13.1 Å². The van der Waals surface area contributed by atoms with E-state index in [4.69, 9.17) is 4.74 Å². The third-order valence-corrected chi connectivity index (χ3v) is 5.10. The van der Waals surface area contributed by atoms with Crippen molar-refractivity contribution in [3.8, 4) is 0 Å². The number of hydrogen-bond acceptors (Lipinski definition) is 5. The average Bonchev–Trinajstić information content (AvgIpc) is 2.56. The van der Waals surface area contributed by atoms with E-state index in [0.29, 0.717) is 5.56 Å². The van der Waals surface area contributed by atoms with Gasteiger partial charge in [0.2, 0.25) is 10.0 Å². The molecule has 0 saturated carbocycles. The molecule has 1 fully saturated rings. The summed E-state index contributed by atoms with van der Waals surface area (Å²) < 4.78 is 31.6. The fourth-order valence-electron chi connectivity index (χ4n) is 2.41. The lowest BCUT2D eigenvalue weighted by Crippen LogP contribution is -2.45. The van der Waals surface area contributed by atoms with E-state index in [0.717, 1.165) is 25.9 Å². The maximum atomic E-state index is 12.3. The topological polar surface area (TPSA) is 96.5 Å². The first-order valence-corrected chi connectivity index (χ1v) is 9.11. The van der Waals surface area contributed by atoms with Crippen molar-refractivity contribution in [2.45, 2.75) is 23.8 Å². The molecule has 0 spiro atoms. The molecular formula is C15H24ClN3O4S. The van der Waals surface area contributed by atoms with E-state index < -0.39 is 10.0 Å². The first-order valence-electron chi connectivity index (χ1n) is 7.63. The second kappa shape index (κ2) is 9.95. The number of carbonyl (C=O) groups is 1. The highest BCUT2D eigenvalue weighted by Crippen LogP contribution is 2.12. The maximum absolute atomic E-state index is 12.3. The molecule has 9 heteroatoms. The molecule has 3 N–H and O–H groups in total. The van der Waals surface area contributed by atoms with Crippen LogP contribution in [-0.4, -0.2) is 53.7 Å². The Morgan fingerprint density at radius 1 is 1.42 bits per heavy atom. The maximum Gasteiger partial charge on any atom is 0.251 e. The predicted octanol–water partition coefficient (Wildman–Crippen LogP) is 0.515. The SMILES string of the molecule is COCCNS(=O)(=O)c1cccc(C(=O)NC2CCCNC2)c1.Cl. The van der Waals surface area contributed by atoms with E-state index in [9.17, 15) is 13.2 Å². The number of amides is 1. The van der Waals surface area contributed by atoms with Crippen molar-refractivity contribution in [2.24, 2.45) is 0 Å². The molecule has 0 radical (unpaired) electrons. The molecule has 0 aromatic heterocycles. The van der Waals surface area contributed by atoms with Crippen molar-refractivity contribution in [1.82, 2.24) is 15.4 Å². The number of benzene rings is 1. The van der Waals surface area contributed by atoms with Gasteiger partial charge in [-0.2, -0.15) is 0 Å². The largest absolute Gasteiger partial charge is 0.383 e. The molecule has 7 nitrogen and oxygen atoms in total. The Morgan fingerprint density at radius 2 is 2.21 bits per heavy atom. The summed E-state index contributed by atoms with van der Waals surface area (Å²) in [6.45, 7) is 2.17. The van der Waals surface area contributed by atoms with Gasteiger partial charge in [-0.05, 0) is 37.6 Å². The van der Waals surface area contributed by atoms with E-state index in [-0.39, 0.29) is 42.4 Å². The molecule has 24 heavy (non-hydrogen) atoms. The van der Waals surface area contributed by atoms with Crippen LogP contribution in [0.1, 0.15) is 23.2 Å². The second-order valence-corrected chi connectivity index (χ2v) is 7.20. The molecule has 1 aliphatic rings. The molecular weight excluding hydrogens is 354 g/mol. The van der Waals surface area contributed by atoms with Gasteiger partial charge in [0, 0.05) is 31.8 Å². The lowest BCUT2D eigenvalue weighted by atomic mass is 10.1. The van der Waals surface area contributed by atoms with Gasteiger partial charge in [-0.15, -0.1) is 12.4 Å². The summed E-state index contributed by atoms with van der Waals surface area (Å²) in [5.41, 5.74) is 0.338. The minimum atomic E-state index is -3.64. The summed E-state index contributed by atoms with van der Waals surface area (Å²) in [6.07, 6.45) is 1.94. The summed E-state index contributed by atoms with van der Waals surface area (Å²) >= 11 is 0. The average molecular weight is 378 g/mol. The van der Waals surface area contributed by atoms with Crippen LogP contribution in [-0.2, 0) is 14.8 Å². The molecule has 2 rings (SSSR count). The fourth-order valence-corrected chi connectivity index (χ4v) is 3.47.